The number of hydrogen-bond donors (Lipinski definition) is 1. The summed E-state index contributed by atoms with van der Waals surface area (Å²) in [6.45, 7) is 6.35. The van der Waals surface area contributed by atoms with Gasteiger partial charge in [-0.25, -0.2) is 0 Å². The second-order valence-corrected chi connectivity index (χ2v) is 6.97. The molecule has 0 fully saturated rings. The number of methoxy groups -OCH3 is 1. The number of hydrogen-bond acceptors (Lipinski definition) is 5. The van der Waals surface area contributed by atoms with Crippen molar-refractivity contribution < 1.29 is 4.74 Å². The van der Waals surface area contributed by atoms with E-state index in [1.165, 1.54) is 5.75 Å². The summed E-state index contributed by atoms with van der Waals surface area (Å²) in [5.74, 6) is 3.79. The highest BCUT2D eigenvalue weighted by molar-refractivity contribution is 7.99. The lowest BCUT2D eigenvalue weighted by molar-refractivity contribution is 0.359. The van der Waals surface area contributed by atoms with Crippen LogP contribution in [-0.4, -0.2) is 61.0 Å². The van der Waals surface area contributed by atoms with Gasteiger partial charge in [0.15, 0.2) is 5.75 Å². The predicted octanol–water partition coefficient (Wildman–Crippen LogP) is 2.10. The van der Waals surface area contributed by atoms with E-state index < -0.39 is 0 Å². The lowest BCUT2D eigenvalue weighted by Crippen LogP contribution is -2.26. The number of nitrogens with one attached hydrogen (secondary N) is 1. The number of rotatable bonds is 10. The van der Waals surface area contributed by atoms with Crippen molar-refractivity contribution in [3.63, 3.8) is 0 Å². The van der Waals surface area contributed by atoms with E-state index in [1.54, 1.807) is 7.11 Å². The lowest BCUT2D eigenvalue weighted by Gasteiger charge is -2.20. The Morgan fingerprint density at radius 3 is 2.62 bits per heavy atom. The zero-order valence-corrected chi connectivity index (χ0v) is 15.0. The van der Waals surface area contributed by atoms with Crippen molar-refractivity contribution in [1.82, 2.24) is 20.0 Å². The molecule has 0 radical (unpaired) electrons. The van der Waals surface area contributed by atoms with E-state index in [9.17, 15) is 0 Å². The Morgan fingerprint density at radius 1 is 1.38 bits per heavy atom. The molecule has 0 aliphatic heterocycles. The first-order valence-electron chi connectivity index (χ1n) is 7.49. The molecule has 0 aromatic carbocycles. The third-order valence-electron chi connectivity index (χ3n) is 3.24. The van der Waals surface area contributed by atoms with Crippen molar-refractivity contribution in [3.05, 3.63) is 11.9 Å². The molecule has 122 valence electrons. The van der Waals surface area contributed by atoms with Gasteiger partial charge >= 0.3 is 0 Å². The molecule has 1 heterocycles. The molecule has 1 rings (SSSR count). The maximum Gasteiger partial charge on any atom is 0.161 e. The highest BCUT2D eigenvalue weighted by Gasteiger charge is 2.20. The van der Waals surface area contributed by atoms with Crippen LogP contribution in [0.5, 0.6) is 5.75 Å². The third-order valence-corrected chi connectivity index (χ3v) is 4.71. The van der Waals surface area contributed by atoms with E-state index in [0.717, 1.165) is 30.3 Å². The van der Waals surface area contributed by atoms with Crippen molar-refractivity contribution in [2.75, 3.05) is 46.3 Å². The topological polar surface area (TPSA) is 42.3 Å². The second-order valence-electron chi connectivity index (χ2n) is 5.90. The minimum Gasteiger partial charge on any atom is -0.493 e. The number of nitrogens with zero attached hydrogens (tertiary/aromatic N) is 3. The smallest absolute Gasteiger partial charge is 0.161 e. The van der Waals surface area contributed by atoms with Gasteiger partial charge < -0.3 is 15.0 Å². The van der Waals surface area contributed by atoms with E-state index >= 15 is 0 Å². The summed E-state index contributed by atoms with van der Waals surface area (Å²) >= 11 is 1.97. The normalized spacial score (nSPS) is 13.1. The van der Waals surface area contributed by atoms with Crippen LogP contribution in [0.3, 0.4) is 0 Å². The van der Waals surface area contributed by atoms with Crippen LogP contribution in [0.15, 0.2) is 6.20 Å². The second kappa shape index (κ2) is 9.33. The molecule has 5 nitrogen and oxygen atoms in total. The Kier molecular flexibility index (Phi) is 8.14. The molecular formula is C15H30N4OS. The first-order valence-corrected chi connectivity index (χ1v) is 8.64. The summed E-state index contributed by atoms with van der Waals surface area (Å²) in [6, 6.07) is 0.258. The Bertz CT molecular complexity index is 406. The van der Waals surface area contributed by atoms with Crippen LogP contribution in [0.2, 0.25) is 0 Å². The molecule has 0 saturated carbocycles. The van der Waals surface area contributed by atoms with Crippen LogP contribution >= 0.6 is 11.8 Å². The molecule has 0 spiro atoms. The van der Waals surface area contributed by atoms with Crippen molar-refractivity contribution in [1.29, 1.82) is 0 Å². The van der Waals surface area contributed by atoms with E-state index in [0.29, 0.717) is 5.92 Å². The molecule has 0 bridgehead atoms. The molecular weight excluding hydrogens is 284 g/mol. The molecule has 1 aromatic heterocycles. The summed E-state index contributed by atoms with van der Waals surface area (Å²) in [4.78, 5) is 2.17. The number of ether oxygens (including phenoxy) is 1. The van der Waals surface area contributed by atoms with Gasteiger partial charge in [-0.05, 0) is 32.8 Å². The fourth-order valence-electron chi connectivity index (χ4n) is 2.08. The highest BCUT2D eigenvalue weighted by atomic mass is 32.2. The molecule has 21 heavy (non-hydrogen) atoms. The van der Waals surface area contributed by atoms with E-state index in [4.69, 9.17) is 4.74 Å². The minimum absolute atomic E-state index is 0.258. The Balaban J connectivity index is 2.81. The van der Waals surface area contributed by atoms with Gasteiger partial charge in [0, 0.05) is 12.3 Å². The number of likely N-dealkylation sites (N-methyl/N-ethyl adjacent to an activating group) is 1. The van der Waals surface area contributed by atoms with Crippen LogP contribution in [0, 0.1) is 5.92 Å². The summed E-state index contributed by atoms with van der Waals surface area (Å²) in [7, 11) is 7.87. The molecule has 1 atom stereocenters. The molecule has 0 aliphatic rings. The number of aromatic nitrogens is 2. The molecule has 1 N–H and O–H groups in total. The van der Waals surface area contributed by atoms with E-state index in [2.05, 4.69) is 47.9 Å². The fourth-order valence-corrected chi connectivity index (χ4v) is 3.25. The monoisotopic (exact) mass is 314 g/mol. The van der Waals surface area contributed by atoms with Crippen molar-refractivity contribution in [2.24, 2.45) is 5.92 Å². The van der Waals surface area contributed by atoms with Gasteiger partial charge in [0.2, 0.25) is 0 Å². The van der Waals surface area contributed by atoms with Gasteiger partial charge in [0.25, 0.3) is 0 Å². The molecule has 6 heteroatoms. The molecule has 1 unspecified atom stereocenters. The summed E-state index contributed by atoms with van der Waals surface area (Å²) in [5, 5.41) is 7.89. The van der Waals surface area contributed by atoms with Gasteiger partial charge in [-0.3, -0.25) is 4.68 Å². The van der Waals surface area contributed by atoms with Gasteiger partial charge in [-0.15, -0.1) is 0 Å². The largest absolute Gasteiger partial charge is 0.493 e. The Morgan fingerprint density at radius 2 is 2.10 bits per heavy atom. The van der Waals surface area contributed by atoms with Crippen LogP contribution < -0.4 is 10.1 Å². The first kappa shape index (κ1) is 18.3. The van der Waals surface area contributed by atoms with Crippen LogP contribution in [0.25, 0.3) is 0 Å². The van der Waals surface area contributed by atoms with Gasteiger partial charge in [0.1, 0.15) is 0 Å². The van der Waals surface area contributed by atoms with Crippen LogP contribution in [0.1, 0.15) is 25.6 Å². The van der Waals surface area contributed by atoms with Gasteiger partial charge in [0.05, 0.1) is 31.6 Å². The zero-order chi connectivity index (χ0) is 15.8. The van der Waals surface area contributed by atoms with Gasteiger partial charge in [-0.2, -0.15) is 16.9 Å². The maximum absolute atomic E-state index is 5.50. The third kappa shape index (κ3) is 5.88. The van der Waals surface area contributed by atoms with Gasteiger partial charge in [-0.1, -0.05) is 13.8 Å². The summed E-state index contributed by atoms with van der Waals surface area (Å²) < 4.78 is 7.56. The summed E-state index contributed by atoms with van der Waals surface area (Å²) in [6.07, 6.45) is 1.82. The minimum atomic E-state index is 0.258. The Hall–Kier alpha value is -0.720. The Labute approximate surface area is 133 Å². The SMILES string of the molecule is CNC(CSCC(C)C)c1c(OC)cnn1CCN(C)C. The van der Waals surface area contributed by atoms with E-state index in [-0.39, 0.29) is 6.04 Å². The van der Waals surface area contributed by atoms with Crippen molar-refractivity contribution in [3.8, 4) is 5.75 Å². The zero-order valence-electron chi connectivity index (χ0n) is 14.2. The van der Waals surface area contributed by atoms with Crippen LogP contribution in [-0.2, 0) is 6.54 Å². The molecule has 0 amide bonds. The highest BCUT2D eigenvalue weighted by Crippen LogP contribution is 2.28. The molecule has 0 saturated heterocycles. The van der Waals surface area contributed by atoms with Crippen molar-refractivity contribution in [2.45, 2.75) is 26.4 Å². The molecule has 1 aromatic rings. The quantitative estimate of drug-likeness (QED) is 0.716. The predicted molar refractivity (Wildman–Crippen MR) is 91.3 cm³/mol. The standard InChI is InChI=1S/C15H30N4OS/c1-12(2)10-21-11-13(16-3)15-14(20-6)9-17-19(15)8-7-18(4)5/h9,12-13,16H,7-8,10-11H2,1-6H3. The number of thioether (sulfide) groups is 1. The first-order chi connectivity index (χ1) is 9.99. The van der Waals surface area contributed by atoms with Crippen LogP contribution in [0.4, 0.5) is 0 Å². The average molecular weight is 314 g/mol. The molecule has 0 aliphatic carbocycles. The average Bonchev–Trinajstić information content (AvgIpc) is 2.84. The van der Waals surface area contributed by atoms with E-state index in [1.807, 2.05) is 25.0 Å². The summed E-state index contributed by atoms with van der Waals surface area (Å²) in [5.41, 5.74) is 1.15. The van der Waals surface area contributed by atoms with Crippen molar-refractivity contribution >= 4 is 11.8 Å². The lowest BCUT2D eigenvalue weighted by atomic mass is 10.2. The maximum atomic E-state index is 5.50. The fraction of sp³-hybridized carbons (Fsp3) is 0.800.